The van der Waals surface area contributed by atoms with Crippen LogP contribution in [0.25, 0.3) is 21.8 Å². The molecule has 0 radical (unpaired) electrons. The van der Waals surface area contributed by atoms with Gasteiger partial charge in [0.2, 0.25) is 29.6 Å². The Labute approximate surface area is 653 Å². The third-order valence-corrected chi connectivity index (χ3v) is 19.3. The van der Waals surface area contributed by atoms with Crippen molar-refractivity contribution in [3.8, 4) is 0 Å². The van der Waals surface area contributed by atoms with Crippen LogP contribution >= 0.6 is 23.2 Å². The fourth-order valence-electron chi connectivity index (χ4n) is 13.2. The van der Waals surface area contributed by atoms with Gasteiger partial charge < -0.3 is 31.5 Å². The molecule has 4 aliphatic heterocycles. The quantitative estimate of drug-likeness (QED) is 0.0352. The van der Waals surface area contributed by atoms with Crippen LogP contribution in [0, 0.1) is 34.9 Å². The summed E-state index contributed by atoms with van der Waals surface area (Å²) >= 11 is 12.8. The number of hydrogen-bond acceptors (Lipinski definition) is 22. The van der Waals surface area contributed by atoms with Crippen LogP contribution < -0.4 is 54.7 Å². The Bertz CT molecular complexity index is 6030. The van der Waals surface area contributed by atoms with Crippen molar-refractivity contribution < 1.29 is 55.1 Å². The molecule has 2 fully saturated rings. The standard InChI is InChI=1S/2C22H17ClF3N9O2.C15H15N3O3.C14H15N3O3/c2*1-32-7-12-4-19(14(23)5-18(12)30-32)27-20-28-21(36)35(10-13-9-33(2)31-29-13)22(37)34(20)8-11-3-16(25)17(26)6-15(11)24;1-8-11(6-7-12(19)17-8)18-14(20)9-4-3-5-10(16-2)13(9)15(18)21;1-15-10-4-2-3-8-9(10)7-17(14(8)20)11-5-6-12(18)16-13(11)19/h2*3-7,9H,8,10H2,1-2H3,(H,27,28,36);3-5,11,16H,1,6-7H2,2H3,(H,17,19);2-4,11,15H,5-7H2,1H3,(H,16,18,19). The average Bonchev–Trinajstić information content (AvgIpc) is 1.64. The highest BCUT2D eigenvalue weighted by Crippen LogP contribution is 2.36. The van der Waals surface area contributed by atoms with Crippen LogP contribution in [0.2, 0.25) is 10.0 Å². The van der Waals surface area contributed by atoms with E-state index in [9.17, 15) is 74.3 Å². The monoisotopic (exact) mass is 1620 g/mol. The van der Waals surface area contributed by atoms with Gasteiger partial charge in [-0.15, -0.1) is 10.2 Å². The maximum Gasteiger partial charge on any atom is 0.355 e. The van der Waals surface area contributed by atoms with Crippen LogP contribution in [0.5, 0.6) is 0 Å². The Kier molecular flexibility index (Phi) is 22.3. The van der Waals surface area contributed by atoms with Gasteiger partial charge in [0.1, 0.15) is 29.1 Å². The summed E-state index contributed by atoms with van der Waals surface area (Å²) in [6.07, 6.45) is 7.80. The lowest BCUT2D eigenvalue weighted by molar-refractivity contribution is -0.137. The van der Waals surface area contributed by atoms with Crippen molar-refractivity contribution in [2.45, 2.75) is 70.5 Å². The molecular formula is C73H64Cl2F6N24O10. The summed E-state index contributed by atoms with van der Waals surface area (Å²) in [5, 5.41) is 42.1. The zero-order chi connectivity index (χ0) is 82.3. The second kappa shape index (κ2) is 32.4. The van der Waals surface area contributed by atoms with Crippen molar-refractivity contribution in [2.75, 3.05) is 35.4 Å². The maximum absolute atomic E-state index is 14.5. The summed E-state index contributed by atoms with van der Waals surface area (Å²) in [5.41, 5.74) is 2.20. The van der Waals surface area contributed by atoms with Crippen molar-refractivity contribution >= 4 is 115 Å². The minimum atomic E-state index is -1.38. The first-order chi connectivity index (χ1) is 54.8. The van der Waals surface area contributed by atoms with Gasteiger partial charge in [0.05, 0.1) is 75.8 Å². The molecule has 0 saturated carbocycles. The van der Waals surface area contributed by atoms with E-state index >= 15 is 0 Å². The topological polar surface area (TPSA) is 392 Å². The van der Waals surface area contributed by atoms with Crippen LogP contribution in [-0.2, 0) is 75.3 Å². The number of fused-ring (bicyclic) bond motifs is 4. The number of imide groups is 2. The van der Waals surface area contributed by atoms with Crippen LogP contribution in [0.15, 0.2) is 141 Å². The SMILES string of the molecule is C=C1NC(=O)CCC1N1C(=O)c2cccc(NC)c2C1=O.CNc1cccc2c1CN(C1CCC(=O)NC1=O)C2=O.Cn1cc(Cn2c(=O)nc(Nc3cc4cn(C)nc4cc3Cl)n(Cc3cc(F)c(F)cc3F)c2=O)nn1.Cn1cc(Cn2c(=O)nc(Nc3cc4cn(C)nc4cc3Cl)n(Cc3cc(F)c(F)cc3F)c2=O)nn1. The van der Waals surface area contributed by atoms with Gasteiger partial charge in [-0.05, 0) is 73.5 Å². The summed E-state index contributed by atoms with van der Waals surface area (Å²) in [5.74, 6) is -9.74. The van der Waals surface area contributed by atoms with Gasteiger partial charge in [0.25, 0.3) is 17.7 Å². The van der Waals surface area contributed by atoms with E-state index in [-0.39, 0.29) is 106 Å². The molecule has 592 valence electrons. The molecule has 6 amide bonds. The number of anilines is 6. The van der Waals surface area contributed by atoms with Crippen molar-refractivity contribution in [3.05, 3.63) is 254 Å². The largest absolute Gasteiger partial charge is 0.388 e. The zero-order valence-electron chi connectivity index (χ0n) is 61.3. The number of benzene rings is 6. The lowest BCUT2D eigenvalue weighted by atomic mass is 10.0. The molecule has 4 aliphatic rings. The Morgan fingerprint density at radius 2 is 0.957 bits per heavy atom. The third kappa shape index (κ3) is 16.4. The van der Waals surface area contributed by atoms with Crippen LogP contribution in [0.4, 0.5) is 61.0 Å². The van der Waals surface area contributed by atoms with Crippen LogP contribution in [0.3, 0.4) is 0 Å². The van der Waals surface area contributed by atoms with Crippen molar-refractivity contribution in [3.63, 3.8) is 0 Å². The van der Waals surface area contributed by atoms with E-state index in [0.29, 0.717) is 105 Å². The predicted octanol–water partition coefficient (Wildman–Crippen LogP) is 6.27. The zero-order valence-corrected chi connectivity index (χ0v) is 62.8. The first-order valence-corrected chi connectivity index (χ1v) is 35.4. The molecule has 2 unspecified atom stereocenters. The number of piperidine rings is 2. The third-order valence-electron chi connectivity index (χ3n) is 18.7. The lowest BCUT2D eigenvalue weighted by Gasteiger charge is -2.31. The van der Waals surface area contributed by atoms with Gasteiger partial charge in [-0.25, -0.2) is 54.7 Å². The van der Waals surface area contributed by atoms with Crippen molar-refractivity contribution in [1.29, 1.82) is 0 Å². The first-order valence-electron chi connectivity index (χ1n) is 34.7. The Morgan fingerprint density at radius 3 is 1.42 bits per heavy atom. The van der Waals surface area contributed by atoms with Crippen LogP contribution in [0.1, 0.15) is 84.8 Å². The molecule has 2 atom stereocenters. The number of hydrogen-bond donors (Lipinski definition) is 6. The molecule has 0 bridgehead atoms. The molecule has 16 rings (SSSR count). The van der Waals surface area contributed by atoms with E-state index in [1.165, 1.54) is 26.7 Å². The van der Waals surface area contributed by atoms with Crippen molar-refractivity contribution in [2.24, 2.45) is 28.2 Å². The molecule has 42 heteroatoms. The summed E-state index contributed by atoms with van der Waals surface area (Å²) < 4.78 is 93.0. The number of nitrogens with one attached hydrogen (secondary N) is 6. The fraction of sp³-hybridized carbons (Fsp3) is 0.233. The van der Waals surface area contributed by atoms with Crippen LogP contribution in [-0.4, -0.2) is 149 Å². The molecule has 115 heavy (non-hydrogen) atoms. The second-order valence-corrected chi connectivity index (χ2v) is 27.3. The molecule has 12 aromatic rings. The normalized spacial score (nSPS) is 15.0. The number of nitrogens with zero attached hydrogens (tertiary/aromatic N) is 18. The molecular weight excluding hydrogens is 1560 g/mol. The summed E-state index contributed by atoms with van der Waals surface area (Å²) in [6.45, 7) is 2.46. The molecule has 6 N–H and O–H groups in total. The predicted molar refractivity (Wildman–Crippen MR) is 403 cm³/mol. The van der Waals surface area contributed by atoms with E-state index in [4.69, 9.17) is 23.2 Å². The molecule has 34 nitrogen and oxygen atoms in total. The Balaban J connectivity index is 0.000000139. The Morgan fingerprint density at radius 1 is 0.496 bits per heavy atom. The highest BCUT2D eigenvalue weighted by atomic mass is 35.5. The number of carbonyl (C=O) groups is 6. The van der Waals surface area contributed by atoms with E-state index in [2.05, 4.69) is 79.3 Å². The highest BCUT2D eigenvalue weighted by molar-refractivity contribution is 6.34. The number of rotatable bonds is 16. The summed E-state index contributed by atoms with van der Waals surface area (Å²) in [4.78, 5) is 135. The average molecular weight is 1620 g/mol. The van der Waals surface area contributed by atoms with Gasteiger partial charge in [-0.2, -0.15) is 20.2 Å². The minimum absolute atomic E-state index is 0.135. The fourth-order valence-corrected chi connectivity index (χ4v) is 13.6. The molecule has 2 saturated heterocycles. The molecule has 10 heterocycles. The molecule has 6 aromatic heterocycles. The highest BCUT2D eigenvalue weighted by Gasteiger charge is 2.44. The van der Waals surface area contributed by atoms with Gasteiger partial charge in [-0.1, -0.05) is 52.3 Å². The van der Waals surface area contributed by atoms with Gasteiger partial charge >= 0.3 is 22.8 Å². The molecule has 0 aliphatic carbocycles. The van der Waals surface area contributed by atoms with Gasteiger partial charge in [0, 0.05) is 149 Å². The van der Waals surface area contributed by atoms with E-state index in [1.807, 2.05) is 12.1 Å². The minimum Gasteiger partial charge on any atom is -0.388 e. The number of aromatic nitrogens is 16. The van der Waals surface area contributed by atoms with Gasteiger partial charge in [-0.3, -0.25) is 66.8 Å². The summed E-state index contributed by atoms with van der Waals surface area (Å²) in [7, 11) is 10.2. The Hall–Kier alpha value is -13.9. The second-order valence-electron chi connectivity index (χ2n) is 26.5. The van der Waals surface area contributed by atoms with Crippen molar-refractivity contribution in [1.82, 2.24) is 98.2 Å². The lowest BCUT2D eigenvalue weighted by Crippen LogP contribution is -2.52. The summed E-state index contributed by atoms with van der Waals surface area (Å²) in [6, 6.07) is 18.0. The smallest absolute Gasteiger partial charge is 0.355 e. The first kappa shape index (κ1) is 79.2. The maximum atomic E-state index is 14.5. The number of halogens is 8. The van der Waals surface area contributed by atoms with Gasteiger partial charge in [0.15, 0.2) is 23.3 Å². The van der Waals surface area contributed by atoms with E-state index < -0.39 is 82.8 Å². The van der Waals surface area contributed by atoms with E-state index in [1.54, 1.807) is 117 Å². The van der Waals surface area contributed by atoms with E-state index in [0.717, 1.165) is 29.5 Å². The number of amides is 6. The molecule has 6 aromatic carbocycles. The number of aryl methyl sites for hydroxylation is 4. The molecule has 0 spiro atoms. The number of carbonyl (C=O) groups excluding carboxylic acids is 6.